The molecule has 158 valence electrons. The average molecular weight is 431 g/mol. The molecule has 0 spiro atoms. The number of hydrogen-bond donors (Lipinski definition) is 1. The highest BCUT2D eigenvalue weighted by molar-refractivity contribution is 7.21. The second-order valence-electron chi connectivity index (χ2n) is 7.77. The first-order valence-electron chi connectivity index (χ1n) is 10.5. The number of nitrogens with one attached hydrogen (secondary N) is 1. The molecule has 1 amide bonds. The number of ether oxygens (including phenoxy) is 1. The van der Waals surface area contributed by atoms with Gasteiger partial charge in [-0.25, -0.2) is 4.98 Å². The van der Waals surface area contributed by atoms with Crippen LogP contribution in [0.2, 0.25) is 0 Å². The van der Waals surface area contributed by atoms with Crippen LogP contribution in [0.15, 0.2) is 60.7 Å². The van der Waals surface area contributed by atoms with E-state index in [-0.39, 0.29) is 5.91 Å². The van der Waals surface area contributed by atoms with Crippen LogP contribution < -0.4 is 10.1 Å². The molecule has 0 aliphatic carbocycles. The maximum Gasteiger partial charge on any atom is 0.224 e. The van der Waals surface area contributed by atoms with Gasteiger partial charge in [-0.05, 0) is 86.3 Å². The van der Waals surface area contributed by atoms with Gasteiger partial charge in [-0.3, -0.25) is 4.79 Å². The minimum Gasteiger partial charge on any atom is -0.493 e. The number of hydrogen-bond acceptors (Lipinski definition) is 4. The van der Waals surface area contributed by atoms with Crippen LogP contribution in [0.25, 0.3) is 20.8 Å². The average Bonchev–Trinajstić information content (AvgIpc) is 3.17. The van der Waals surface area contributed by atoms with Crippen LogP contribution in [0.3, 0.4) is 0 Å². The van der Waals surface area contributed by atoms with Gasteiger partial charge in [0.1, 0.15) is 10.8 Å². The minimum absolute atomic E-state index is 0.00669. The molecule has 0 aliphatic heterocycles. The molecular weight excluding hydrogens is 404 g/mol. The SMILES string of the molecule is Cc1ccc2nc(-c3ccc(NC(=O)CCCOc4cccc(C)c4C)cc3)sc2c1. The Morgan fingerprint density at radius 1 is 1.03 bits per heavy atom. The van der Waals surface area contributed by atoms with Crippen molar-refractivity contribution in [3.05, 3.63) is 77.4 Å². The molecule has 5 heteroatoms. The number of carbonyl (C=O) groups is 1. The third-order valence-corrected chi connectivity index (χ3v) is 6.39. The normalized spacial score (nSPS) is 10.9. The fourth-order valence-corrected chi connectivity index (χ4v) is 4.44. The van der Waals surface area contributed by atoms with Crippen LogP contribution in [-0.4, -0.2) is 17.5 Å². The van der Waals surface area contributed by atoms with Crippen molar-refractivity contribution in [3.8, 4) is 16.3 Å². The predicted octanol–water partition coefficient (Wildman–Crippen LogP) is 6.69. The van der Waals surface area contributed by atoms with Crippen molar-refractivity contribution in [2.24, 2.45) is 0 Å². The lowest BCUT2D eigenvalue weighted by molar-refractivity contribution is -0.116. The summed E-state index contributed by atoms with van der Waals surface area (Å²) in [7, 11) is 0. The van der Waals surface area contributed by atoms with Gasteiger partial charge in [-0.1, -0.05) is 18.2 Å². The lowest BCUT2D eigenvalue weighted by atomic mass is 10.1. The molecule has 4 nitrogen and oxygen atoms in total. The van der Waals surface area contributed by atoms with Crippen molar-refractivity contribution in [3.63, 3.8) is 0 Å². The Bertz CT molecular complexity index is 1210. The number of benzene rings is 3. The van der Waals surface area contributed by atoms with Gasteiger partial charge >= 0.3 is 0 Å². The third kappa shape index (κ3) is 5.12. The molecule has 0 unspecified atom stereocenters. The van der Waals surface area contributed by atoms with E-state index in [2.05, 4.69) is 50.4 Å². The second kappa shape index (κ2) is 9.31. The van der Waals surface area contributed by atoms with Crippen molar-refractivity contribution in [1.82, 2.24) is 4.98 Å². The van der Waals surface area contributed by atoms with E-state index >= 15 is 0 Å². The Balaban J connectivity index is 1.29. The maximum atomic E-state index is 12.3. The summed E-state index contributed by atoms with van der Waals surface area (Å²) in [6, 6.07) is 20.2. The summed E-state index contributed by atoms with van der Waals surface area (Å²) in [6.07, 6.45) is 1.09. The van der Waals surface area contributed by atoms with Crippen LogP contribution in [-0.2, 0) is 4.79 Å². The molecule has 3 aromatic carbocycles. The number of anilines is 1. The van der Waals surface area contributed by atoms with Gasteiger partial charge in [0, 0.05) is 17.7 Å². The van der Waals surface area contributed by atoms with Crippen LogP contribution in [0, 0.1) is 20.8 Å². The molecule has 0 aliphatic rings. The molecule has 0 atom stereocenters. The molecule has 0 saturated heterocycles. The van der Waals surface area contributed by atoms with Crippen molar-refractivity contribution in [1.29, 1.82) is 0 Å². The summed E-state index contributed by atoms with van der Waals surface area (Å²) in [5.74, 6) is 0.883. The Hall–Kier alpha value is -3.18. The van der Waals surface area contributed by atoms with Gasteiger partial charge in [0.05, 0.1) is 16.8 Å². The fourth-order valence-electron chi connectivity index (χ4n) is 3.37. The Kier molecular flexibility index (Phi) is 6.33. The largest absolute Gasteiger partial charge is 0.493 e. The summed E-state index contributed by atoms with van der Waals surface area (Å²) in [5.41, 5.74) is 6.46. The molecule has 1 heterocycles. The van der Waals surface area contributed by atoms with Gasteiger partial charge < -0.3 is 10.1 Å². The smallest absolute Gasteiger partial charge is 0.224 e. The first-order chi connectivity index (χ1) is 15.0. The number of aromatic nitrogens is 1. The predicted molar refractivity (Wildman–Crippen MR) is 129 cm³/mol. The van der Waals surface area contributed by atoms with E-state index in [1.165, 1.54) is 15.8 Å². The molecule has 4 rings (SSSR count). The fraction of sp³-hybridized carbons (Fsp3) is 0.231. The number of thiazole rings is 1. The summed E-state index contributed by atoms with van der Waals surface area (Å²) in [5, 5.41) is 3.95. The molecule has 0 radical (unpaired) electrons. The number of amides is 1. The molecular formula is C26H26N2O2S. The number of aryl methyl sites for hydroxylation is 2. The molecule has 0 bridgehead atoms. The monoisotopic (exact) mass is 430 g/mol. The Morgan fingerprint density at radius 3 is 2.65 bits per heavy atom. The topological polar surface area (TPSA) is 51.2 Å². The van der Waals surface area contributed by atoms with Gasteiger partial charge in [0.25, 0.3) is 0 Å². The zero-order valence-corrected chi connectivity index (χ0v) is 18.9. The molecule has 1 aromatic heterocycles. The van der Waals surface area contributed by atoms with E-state index in [1.54, 1.807) is 11.3 Å². The van der Waals surface area contributed by atoms with Gasteiger partial charge in [0.2, 0.25) is 5.91 Å². The van der Waals surface area contributed by atoms with Gasteiger partial charge in [-0.15, -0.1) is 11.3 Å². The summed E-state index contributed by atoms with van der Waals surface area (Å²) < 4.78 is 7.02. The van der Waals surface area contributed by atoms with Crippen molar-refractivity contribution in [2.75, 3.05) is 11.9 Å². The van der Waals surface area contributed by atoms with Gasteiger partial charge in [-0.2, -0.15) is 0 Å². The van der Waals surface area contributed by atoms with Crippen LogP contribution >= 0.6 is 11.3 Å². The molecule has 31 heavy (non-hydrogen) atoms. The molecule has 0 saturated carbocycles. The summed E-state index contributed by atoms with van der Waals surface area (Å²) in [6.45, 7) is 6.73. The quantitative estimate of drug-likeness (QED) is 0.332. The standard InChI is InChI=1S/C26H26N2O2S/c1-17-9-14-22-24(16-17)31-26(28-22)20-10-12-21(13-11-20)27-25(29)8-5-15-30-23-7-4-6-18(2)19(23)3/h4,6-7,9-14,16H,5,8,15H2,1-3H3,(H,27,29). The molecule has 1 N–H and O–H groups in total. The van der Waals surface area contributed by atoms with Crippen LogP contribution in [0.1, 0.15) is 29.5 Å². The Labute approximate surface area is 186 Å². The highest BCUT2D eigenvalue weighted by Crippen LogP contribution is 2.31. The van der Waals surface area contributed by atoms with Crippen molar-refractivity contribution >= 4 is 33.1 Å². The highest BCUT2D eigenvalue weighted by Gasteiger charge is 2.08. The molecule has 4 aromatic rings. The summed E-state index contributed by atoms with van der Waals surface area (Å²) in [4.78, 5) is 17.0. The van der Waals surface area contributed by atoms with Crippen molar-refractivity contribution < 1.29 is 9.53 Å². The lowest BCUT2D eigenvalue weighted by Gasteiger charge is -2.11. The minimum atomic E-state index is -0.00669. The van der Waals surface area contributed by atoms with E-state index in [4.69, 9.17) is 9.72 Å². The summed E-state index contributed by atoms with van der Waals surface area (Å²) >= 11 is 1.69. The van der Waals surface area contributed by atoms with Crippen LogP contribution in [0.4, 0.5) is 5.69 Å². The van der Waals surface area contributed by atoms with E-state index in [1.807, 2.05) is 36.4 Å². The number of fused-ring (bicyclic) bond motifs is 1. The highest BCUT2D eigenvalue weighted by atomic mass is 32.1. The Morgan fingerprint density at radius 2 is 1.84 bits per heavy atom. The first kappa shape index (κ1) is 21.1. The molecule has 0 fully saturated rings. The number of rotatable bonds is 7. The maximum absolute atomic E-state index is 12.3. The third-order valence-electron chi connectivity index (χ3n) is 5.32. The lowest BCUT2D eigenvalue weighted by Crippen LogP contribution is -2.12. The zero-order valence-electron chi connectivity index (χ0n) is 18.1. The first-order valence-corrected chi connectivity index (χ1v) is 11.3. The van der Waals surface area contributed by atoms with E-state index < -0.39 is 0 Å². The van der Waals surface area contributed by atoms with Crippen LogP contribution in [0.5, 0.6) is 5.75 Å². The second-order valence-corrected chi connectivity index (χ2v) is 8.80. The van der Waals surface area contributed by atoms with Gasteiger partial charge in [0.15, 0.2) is 0 Å². The van der Waals surface area contributed by atoms with E-state index in [9.17, 15) is 4.79 Å². The number of nitrogens with zero attached hydrogens (tertiary/aromatic N) is 1. The number of carbonyl (C=O) groups excluding carboxylic acids is 1. The van der Waals surface area contributed by atoms with E-state index in [0.717, 1.165) is 33.1 Å². The zero-order chi connectivity index (χ0) is 21.8. The van der Waals surface area contributed by atoms with Crippen molar-refractivity contribution in [2.45, 2.75) is 33.6 Å². The van der Waals surface area contributed by atoms with E-state index in [0.29, 0.717) is 19.4 Å².